The van der Waals surface area contributed by atoms with Gasteiger partial charge in [-0.1, -0.05) is 30.3 Å². The molecule has 4 rings (SSSR count). The van der Waals surface area contributed by atoms with Crippen LogP contribution in [0.5, 0.6) is 11.5 Å². The Morgan fingerprint density at radius 1 is 1.03 bits per heavy atom. The second kappa shape index (κ2) is 11.2. The standard InChI is InChI=1S/C27H25N3O6/c1-18-5-2-3-7-21(18)24(10-11-26(31)32)36-25-15-20(35-17-19-6-4-13-28-16-19)8-9-22(25)30-23(27(33)34)12-14-29-30/h2-9,12-16,24H,10-11,17H2,1H3,(H,31,32)(H,33,34). The van der Waals surface area contributed by atoms with Crippen molar-refractivity contribution in [1.82, 2.24) is 14.8 Å². The lowest BCUT2D eigenvalue weighted by Crippen LogP contribution is -2.14. The number of aliphatic carboxylic acids is 1. The minimum atomic E-state index is -1.14. The van der Waals surface area contributed by atoms with Gasteiger partial charge in [-0.05, 0) is 48.7 Å². The SMILES string of the molecule is Cc1ccccc1C(CCC(=O)O)Oc1cc(OCc2cccnc2)ccc1-n1nccc1C(=O)O. The molecule has 2 aromatic carbocycles. The van der Waals surface area contributed by atoms with E-state index in [0.29, 0.717) is 17.2 Å². The Hall–Kier alpha value is -4.66. The molecular weight excluding hydrogens is 462 g/mol. The van der Waals surface area contributed by atoms with Crippen LogP contribution < -0.4 is 9.47 Å². The molecule has 1 unspecified atom stereocenters. The van der Waals surface area contributed by atoms with Crippen molar-refractivity contribution in [2.75, 3.05) is 0 Å². The van der Waals surface area contributed by atoms with Crippen LogP contribution in [0.1, 0.15) is 46.1 Å². The summed E-state index contributed by atoms with van der Waals surface area (Å²) >= 11 is 0. The normalized spacial score (nSPS) is 11.6. The van der Waals surface area contributed by atoms with Gasteiger partial charge in [-0.25, -0.2) is 9.48 Å². The molecule has 9 heteroatoms. The van der Waals surface area contributed by atoms with Crippen molar-refractivity contribution >= 4 is 11.9 Å². The summed E-state index contributed by atoms with van der Waals surface area (Å²) in [7, 11) is 0. The first kappa shape index (κ1) is 24.5. The number of pyridine rings is 1. The molecule has 0 aliphatic carbocycles. The fourth-order valence-electron chi connectivity index (χ4n) is 3.79. The predicted octanol–water partition coefficient (Wildman–Crippen LogP) is 4.84. The first-order chi connectivity index (χ1) is 17.4. The number of aromatic nitrogens is 3. The number of aryl methyl sites for hydroxylation is 1. The molecule has 9 nitrogen and oxygen atoms in total. The summed E-state index contributed by atoms with van der Waals surface area (Å²) in [4.78, 5) is 27.2. The Kier molecular flexibility index (Phi) is 7.60. The van der Waals surface area contributed by atoms with E-state index in [1.165, 1.54) is 16.9 Å². The average molecular weight is 488 g/mol. The highest BCUT2D eigenvalue weighted by Crippen LogP contribution is 2.35. The van der Waals surface area contributed by atoms with Crippen molar-refractivity contribution in [1.29, 1.82) is 0 Å². The summed E-state index contributed by atoms with van der Waals surface area (Å²) in [5, 5.41) is 23.1. The molecule has 0 aliphatic heterocycles. The molecule has 0 spiro atoms. The highest BCUT2D eigenvalue weighted by molar-refractivity contribution is 5.86. The number of rotatable bonds is 11. The monoisotopic (exact) mass is 487 g/mol. The van der Waals surface area contributed by atoms with Crippen LogP contribution >= 0.6 is 0 Å². The average Bonchev–Trinajstić information content (AvgIpc) is 3.36. The summed E-state index contributed by atoms with van der Waals surface area (Å²) < 4.78 is 13.6. The number of nitrogens with zero attached hydrogens (tertiary/aromatic N) is 3. The second-order valence-corrected chi connectivity index (χ2v) is 8.11. The van der Waals surface area contributed by atoms with Gasteiger partial charge in [0, 0.05) is 30.4 Å². The van der Waals surface area contributed by atoms with Crippen LogP contribution in [0.3, 0.4) is 0 Å². The van der Waals surface area contributed by atoms with Crippen LogP contribution in [0.4, 0.5) is 0 Å². The van der Waals surface area contributed by atoms with Crippen LogP contribution in [-0.2, 0) is 11.4 Å². The van der Waals surface area contributed by atoms with E-state index in [2.05, 4.69) is 10.1 Å². The second-order valence-electron chi connectivity index (χ2n) is 8.11. The maximum Gasteiger partial charge on any atom is 0.354 e. The molecule has 184 valence electrons. The Balaban J connectivity index is 1.73. The molecule has 0 aliphatic rings. The molecule has 4 aromatic rings. The van der Waals surface area contributed by atoms with E-state index in [-0.39, 0.29) is 25.1 Å². The van der Waals surface area contributed by atoms with E-state index >= 15 is 0 Å². The summed E-state index contributed by atoms with van der Waals surface area (Å²) in [5.74, 6) is -1.28. The molecule has 2 N–H and O–H groups in total. The van der Waals surface area contributed by atoms with Gasteiger partial charge in [-0.3, -0.25) is 9.78 Å². The third-order valence-corrected chi connectivity index (χ3v) is 5.57. The van der Waals surface area contributed by atoms with Gasteiger partial charge in [-0.2, -0.15) is 5.10 Å². The fraction of sp³-hybridized carbons (Fsp3) is 0.185. The minimum Gasteiger partial charge on any atom is -0.489 e. The van der Waals surface area contributed by atoms with Crippen LogP contribution in [-0.4, -0.2) is 36.9 Å². The van der Waals surface area contributed by atoms with Gasteiger partial charge in [0.15, 0.2) is 5.69 Å². The van der Waals surface area contributed by atoms with Crippen molar-refractivity contribution in [3.8, 4) is 17.2 Å². The number of benzene rings is 2. The van der Waals surface area contributed by atoms with Gasteiger partial charge in [0.05, 0.1) is 6.20 Å². The Labute approximate surface area is 207 Å². The summed E-state index contributed by atoms with van der Waals surface area (Å²) in [5.41, 5.74) is 3.01. The maximum absolute atomic E-state index is 11.8. The lowest BCUT2D eigenvalue weighted by molar-refractivity contribution is -0.137. The highest BCUT2D eigenvalue weighted by Gasteiger charge is 2.22. The van der Waals surface area contributed by atoms with Gasteiger partial charge in [0.1, 0.15) is 29.9 Å². The van der Waals surface area contributed by atoms with Crippen LogP contribution in [0.15, 0.2) is 79.3 Å². The van der Waals surface area contributed by atoms with Crippen LogP contribution in [0.2, 0.25) is 0 Å². The molecule has 36 heavy (non-hydrogen) atoms. The van der Waals surface area contributed by atoms with Crippen molar-refractivity contribution < 1.29 is 29.3 Å². The van der Waals surface area contributed by atoms with E-state index in [9.17, 15) is 19.8 Å². The molecule has 2 aromatic heterocycles. The predicted molar refractivity (Wildman–Crippen MR) is 131 cm³/mol. The molecular formula is C27H25N3O6. The lowest BCUT2D eigenvalue weighted by atomic mass is 9.99. The molecule has 0 amide bonds. The zero-order valence-electron chi connectivity index (χ0n) is 19.6. The topological polar surface area (TPSA) is 124 Å². The third-order valence-electron chi connectivity index (χ3n) is 5.57. The molecule has 0 radical (unpaired) electrons. The third kappa shape index (κ3) is 5.87. The van der Waals surface area contributed by atoms with Crippen molar-refractivity contribution in [3.63, 3.8) is 0 Å². The zero-order valence-corrected chi connectivity index (χ0v) is 19.6. The number of carboxylic acid groups (broad SMARTS) is 2. The van der Waals surface area contributed by atoms with Crippen molar-refractivity contribution in [2.45, 2.75) is 32.5 Å². The smallest absolute Gasteiger partial charge is 0.354 e. The maximum atomic E-state index is 11.8. The largest absolute Gasteiger partial charge is 0.489 e. The first-order valence-electron chi connectivity index (χ1n) is 11.3. The molecule has 0 saturated heterocycles. The summed E-state index contributed by atoms with van der Waals surface area (Å²) in [6.07, 6.45) is 4.28. The minimum absolute atomic E-state index is 0.0399. The van der Waals surface area contributed by atoms with Gasteiger partial charge in [0.2, 0.25) is 0 Å². The Morgan fingerprint density at radius 3 is 2.58 bits per heavy atom. The zero-order chi connectivity index (χ0) is 25.5. The van der Waals surface area contributed by atoms with Gasteiger partial charge in [-0.15, -0.1) is 0 Å². The summed E-state index contributed by atoms with van der Waals surface area (Å²) in [6.45, 7) is 2.20. The number of hydrogen-bond acceptors (Lipinski definition) is 6. The Morgan fingerprint density at radius 2 is 1.86 bits per heavy atom. The van der Waals surface area contributed by atoms with Crippen molar-refractivity contribution in [2.24, 2.45) is 0 Å². The number of hydrogen-bond donors (Lipinski definition) is 2. The van der Waals surface area contributed by atoms with Crippen molar-refractivity contribution in [3.05, 3.63) is 102 Å². The number of ether oxygens (including phenoxy) is 2. The molecule has 1 atom stereocenters. The number of carboxylic acids is 2. The quantitative estimate of drug-likeness (QED) is 0.308. The van der Waals surface area contributed by atoms with E-state index in [1.54, 1.807) is 30.6 Å². The van der Waals surface area contributed by atoms with Gasteiger partial charge >= 0.3 is 11.9 Å². The summed E-state index contributed by atoms with van der Waals surface area (Å²) in [6, 6.07) is 17.7. The fourth-order valence-corrected chi connectivity index (χ4v) is 3.79. The van der Waals surface area contributed by atoms with Crippen LogP contribution in [0, 0.1) is 6.92 Å². The van der Waals surface area contributed by atoms with E-state index in [0.717, 1.165) is 16.7 Å². The molecule has 0 bridgehead atoms. The Bertz CT molecular complexity index is 1350. The first-order valence-corrected chi connectivity index (χ1v) is 11.3. The lowest BCUT2D eigenvalue weighted by Gasteiger charge is -2.23. The number of carbonyl (C=O) groups is 2. The van der Waals surface area contributed by atoms with E-state index in [1.807, 2.05) is 43.3 Å². The van der Waals surface area contributed by atoms with Gasteiger partial charge < -0.3 is 19.7 Å². The number of aromatic carboxylic acids is 1. The van der Waals surface area contributed by atoms with E-state index < -0.39 is 18.0 Å². The molecule has 0 fully saturated rings. The molecule has 0 saturated carbocycles. The van der Waals surface area contributed by atoms with E-state index in [4.69, 9.17) is 9.47 Å². The van der Waals surface area contributed by atoms with Crippen LogP contribution in [0.25, 0.3) is 5.69 Å². The highest BCUT2D eigenvalue weighted by atomic mass is 16.5. The molecule has 2 heterocycles. The van der Waals surface area contributed by atoms with Gasteiger partial charge in [0.25, 0.3) is 0 Å².